The fourth-order valence-electron chi connectivity index (χ4n) is 1.72. The molecule has 0 aliphatic carbocycles. The minimum Gasteiger partial charge on any atom is -0.507 e. The second-order valence-corrected chi connectivity index (χ2v) is 4.25. The molecule has 0 fully saturated rings. The Kier molecular flexibility index (Phi) is 5.16. The summed E-state index contributed by atoms with van der Waals surface area (Å²) in [6.45, 7) is 0.148. The number of rotatable bonds is 5. The largest absolute Gasteiger partial charge is 0.507 e. The Labute approximate surface area is 128 Å². The lowest BCUT2D eigenvalue weighted by Gasteiger charge is -2.05. The van der Waals surface area contributed by atoms with Crippen molar-refractivity contribution < 1.29 is 14.6 Å². The Morgan fingerprint density at radius 1 is 1.27 bits per heavy atom. The zero-order valence-corrected chi connectivity index (χ0v) is 11.7. The van der Waals surface area contributed by atoms with Crippen LogP contribution >= 0.6 is 0 Å². The summed E-state index contributed by atoms with van der Waals surface area (Å²) < 4.78 is 5.37. The van der Waals surface area contributed by atoms with E-state index in [0.29, 0.717) is 11.3 Å². The number of nitrogens with one attached hydrogen (secondary N) is 1. The van der Waals surface area contributed by atoms with Crippen molar-refractivity contribution in [2.75, 3.05) is 6.61 Å². The topological polar surface area (TPSA) is 70.9 Å². The van der Waals surface area contributed by atoms with Gasteiger partial charge in [0.15, 0.2) is 0 Å². The molecule has 0 atom stereocenters. The molecule has 5 heteroatoms. The van der Waals surface area contributed by atoms with Crippen LogP contribution in [0.5, 0.6) is 11.5 Å². The van der Waals surface area contributed by atoms with Gasteiger partial charge in [-0.05, 0) is 24.3 Å². The zero-order chi connectivity index (χ0) is 15.8. The molecule has 0 spiro atoms. The number of hydrazone groups is 1. The molecule has 0 radical (unpaired) electrons. The highest BCUT2D eigenvalue weighted by Gasteiger charge is 2.08. The average molecular weight is 294 g/mol. The normalized spacial score (nSPS) is 10.1. The number of carbonyl (C=O) groups excluding carboxylic acids is 1. The van der Waals surface area contributed by atoms with Gasteiger partial charge in [-0.1, -0.05) is 30.2 Å². The molecule has 5 nitrogen and oxygen atoms in total. The summed E-state index contributed by atoms with van der Waals surface area (Å²) in [6.07, 6.45) is 6.60. The van der Waals surface area contributed by atoms with Crippen molar-refractivity contribution in [2.45, 2.75) is 0 Å². The Morgan fingerprint density at radius 3 is 2.77 bits per heavy atom. The number of phenols is 1. The van der Waals surface area contributed by atoms with Crippen molar-refractivity contribution in [3.63, 3.8) is 0 Å². The molecule has 0 saturated carbocycles. The molecule has 0 aromatic heterocycles. The van der Waals surface area contributed by atoms with E-state index in [1.54, 1.807) is 24.3 Å². The van der Waals surface area contributed by atoms with Gasteiger partial charge in [0.2, 0.25) is 0 Å². The summed E-state index contributed by atoms with van der Waals surface area (Å²) in [5.74, 6) is 2.34. The predicted octanol–water partition coefficient (Wildman–Crippen LogP) is 2.17. The van der Waals surface area contributed by atoms with E-state index in [-0.39, 0.29) is 17.9 Å². The average Bonchev–Trinajstić information content (AvgIpc) is 2.54. The molecule has 0 bridgehead atoms. The van der Waals surface area contributed by atoms with Crippen LogP contribution in [-0.2, 0) is 0 Å². The SMILES string of the molecule is C#CCOc1ccccc1/C=N\NC(=O)c1ccccc1O. The van der Waals surface area contributed by atoms with Crippen LogP contribution < -0.4 is 10.2 Å². The fourth-order valence-corrected chi connectivity index (χ4v) is 1.72. The van der Waals surface area contributed by atoms with Gasteiger partial charge in [0.1, 0.15) is 18.1 Å². The maximum Gasteiger partial charge on any atom is 0.275 e. The third-order valence-corrected chi connectivity index (χ3v) is 2.75. The number of hydrogen-bond acceptors (Lipinski definition) is 4. The smallest absolute Gasteiger partial charge is 0.275 e. The van der Waals surface area contributed by atoms with Crippen LogP contribution in [0.4, 0.5) is 0 Å². The number of terminal acetylenes is 1. The van der Waals surface area contributed by atoms with Gasteiger partial charge < -0.3 is 9.84 Å². The number of nitrogens with zero attached hydrogens (tertiary/aromatic N) is 1. The molecule has 22 heavy (non-hydrogen) atoms. The molecule has 2 aromatic carbocycles. The van der Waals surface area contributed by atoms with Crippen LogP contribution in [-0.4, -0.2) is 23.8 Å². The number of aromatic hydroxyl groups is 1. The molecule has 2 N–H and O–H groups in total. The maximum absolute atomic E-state index is 11.9. The third kappa shape index (κ3) is 3.87. The highest BCUT2D eigenvalue weighted by atomic mass is 16.5. The van der Waals surface area contributed by atoms with Crippen LogP contribution in [0.15, 0.2) is 53.6 Å². The molecule has 0 heterocycles. The summed E-state index contributed by atoms with van der Waals surface area (Å²) in [6, 6.07) is 13.4. The fraction of sp³-hybridized carbons (Fsp3) is 0.0588. The lowest BCUT2D eigenvalue weighted by molar-refractivity contribution is 0.0952. The number of ether oxygens (including phenoxy) is 1. The first-order chi connectivity index (χ1) is 10.7. The molecule has 110 valence electrons. The Balaban J connectivity index is 2.06. The van der Waals surface area contributed by atoms with Crippen molar-refractivity contribution >= 4 is 12.1 Å². The molecule has 2 aromatic rings. The molecule has 0 aliphatic heterocycles. The lowest BCUT2D eigenvalue weighted by Crippen LogP contribution is -2.17. The zero-order valence-electron chi connectivity index (χ0n) is 11.7. The van der Waals surface area contributed by atoms with Gasteiger partial charge >= 0.3 is 0 Å². The monoisotopic (exact) mass is 294 g/mol. The second kappa shape index (κ2) is 7.50. The summed E-state index contributed by atoms with van der Waals surface area (Å²) in [4.78, 5) is 11.9. The predicted molar refractivity (Wildman–Crippen MR) is 83.9 cm³/mol. The number of phenolic OH excluding ortho intramolecular Hbond substituents is 1. The first-order valence-corrected chi connectivity index (χ1v) is 6.49. The van der Waals surface area contributed by atoms with Gasteiger partial charge in [-0.2, -0.15) is 5.10 Å². The van der Waals surface area contributed by atoms with E-state index in [9.17, 15) is 9.90 Å². The van der Waals surface area contributed by atoms with E-state index in [1.807, 2.05) is 12.1 Å². The first-order valence-electron chi connectivity index (χ1n) is 6.49. The van der Waals surface area contributed by atoms with Gasteiger partial charge in [-0.15, -0.1) is 6.42 Å². The van der Waals surface area contributed by atoms with E-state index >= 15 is 0 Å². The number of amides is 1. The van der Waals surface area contributed by atoms with E-state index in [2.05, 4.69) is 16.4 Å². The summed E-state index contributed by atoms with van der Waals surface area (Å²) in [5.41, 5.74) is 3.17. The number of benzene rings is 2. The molecule has 0 unspecified atom stereocenters. The minimum absolute atomic E-state index is 0.104. The third-order valence-electron chi connectivity index (χ3n) is 2.75. The van der Waals surface area contributed by atoms with Gasteiger partial charge in [-0.3, -0.25) is 4.79 Å². The standard InChI is InChI=1S/C17H14N2O3/c1-2-11-22-16-10-6-3-7-13(16)12-18-19-17(21)14-8-4-5-9-15(14)20/h1,3-10,12,20H,11H2,(H,19,21)/b18-12-. The minimum atomic E-state index is -0.503. The van der Waals surface area contributed by atoms with Crippen LogP contribution in [0.1, 0.15) is 15.9 Å². The molecule has 0 aliphatic rings. The number of para-hydroxylation sites is 2. The summed E-state index contributed by atoms with van der Waals surface area (Å²) in [5, 5.41) is 13.4. The van der Waals surface area contributed by atoms with Crippen molar-refractivity contribution in [3.05, 3.63) is 59.7 Å². The van der Waals surface area contributed by atoms with Gasteiger partial charge in [0.05, 0.1) is 11.8 Å². The Hall–Kier alpha value is -3.26. The van der Waals surface area contributed by atoms with Gasteiger partial charge in [-0.25, -0.2) is 5.43 Å². The van der Waals surface area contributed by atoms with Crippen LogP contribution in [0.3, 0.4) is 0 Å². The summed E-state index contributed by atoms with van der Waals surface area (Å²) >= 11 is 0. The Morgan fingerprint density at radius 2 is 2.00 bits per heavy atom. The second-order valence-electron chi connectivity index (χ2n) is 4.25. The van der Waals surface area contributed by atoms with E-state index < -0.39 is 5.91 Å². The number of carbonyl (C=O) groups is 1. The van der Waals surface area contributed by atoms with Crippen LogP contribution in [0, 0.1) is 12.3 Å². The molecular formula is C17H14N2O3. The Bertz CT molecular complexity index is 733. The van der Waals surface area contributed by atoms with E-state index in [1.165, 1.54) is 18.3 Å². The van der Waals surface area contributed by atoms with Crippen molar-refractivity contribution in [1.29, 1.82) is 0 Å². The highest BCUT2D eigenvalue weighted by molar-refractivity contribution is 5.97. The van der Waals surface area contributed by atoms with Gasteiger partial charge in [0.25, 0.3) is 5.91 Å². The van der Waals surface area contributed by atoms with Crippen LogP contribution in [0.25, 0.3) is 0 Å². The van der Waals surface area contributed by atoms with E-state index in [0.717, 1.165) is 0 Å². The van der Waals surface area contributed by atoms with E-state index in [4.69, 9.17) is 11.2 Å². The first kappa shape index (κ1) is 15.1. The van der Waals surface area contributed by atoms with Crippen molar-refractivity contribution in [3.8, 4) is 23.8 Å². The maximum atomic E-state index is 11.9. The van der Waals surface area contributed by atoms with Crippen molar-refractivity contribution in [1.82, 2.24) is 5.43 Å². The molecule has 0 saturated heterocycles. The van der Waals surface area contributed by atoms with Crippen molar-refractivity contribution in [2.24, 2.45) is 5.10 Å². The van der Waals surface area contributed by atoms with Gasteiger partial charge in [0, 0.05) is 5.56 Å². The quantitative estimate of drug-likeness (QED) is 0.504. The number of hydrogen-bond donors (Lipinski definition) is 2. The summed E-state index contributed by atoms with van der Waals surface area (Å²) in [7, 11) is 0. The molecule has 1 amide bonds. The molecule has 2 rings (SSSR count). The lowest BCUT2D eigenvalue weighted by atomic mass is 10.2. The highest BCUT2D eigenvalue weighted by Crippen LogP contribution is 2.16. The van der Waals surface area contributed by atoms with Crippen LogP contribution in [0.2, 0.25) is 0 Å². The molecular weight excluding hydrogens is 280 g/mol.